The Morgan fingerprint density at radius 3 is 1.72 bits per heavy atom. The second kappa shape index (κ2) is 12.1. The Morgan fingerprint density at radius 1 is 0.828 bits per heavy atom. The molecule has 5 nitrogen and oxygen atoms in total. The summed E-state index contributed by atoms with van der Waals surface area (Å²) in [5, 5.41) is 15.8. The molecule has 0 amide bonds. The summed E-state index contributed by atoms with van der Waals surface area (Å²) in [4.78, 5) is 9.00. The summed E-state index contributed by atoms with van der Waals surface area (Å²) < 4.78 is 5.08. The molecule has 4 aromatic rings. The lowest BCUT2D eigenvalue weighted by Gasteiger charge is -1.99. The van der Waals surface area contributed by atoms with Crippen LogP contribution in [0, 0.1) is 0 Å². The van der Waals surface area contributed by atoms with Crippen LogP contribution >= 0.6 is 0 Å². The first kappa shape index (κ1) is 21.8. The zero-order valence-corrected chi connectivity index (χ0v) is 16.8. The zero-order valence-electron chi connectivity index (χ0n) is 16.8. The summed E-state index contributed by atoms with van der Waals surface area (Å²) in [6.07, 6.45) is 3.62. The molecule has 0 aliphatic rings. The average Bonchev–Trinajstić information content (AvgIpc) is 3.38. The van der Waals surface area contributed by atoms with Gasteiger partial charge in [-0.2, -0.15) is 10.2 Å². The second-order valence-corrected chi connectivity index (χ2v) is 6.40. The van der Waals surface area contributed by atoms with Gasteiger partial charge in [-0.3, -0.25) is 4.79 Å². The predicted molar refractivity (Wildman–Crippen MR) is 116 cm³/mol. The van der Waals surface area contributed by atoms with E-state index in [2.05, 4.69) is 29.3 Å². The van der Waals surface area contributed by atoms with E-state index in [-0.39, 0.29) is 0 Å². The Bertz CT molecular complexity index is 927. The third-order valence-corrected chi connectivity index (χ3v) is 3.85. The maximum atomic E-state index is 9.00. The molecule has 0 aliphatic heterocycles. The van der Waals surface area contributed by atoms with Gasteiger partial charge < -0.3 is 9.52 Å². The van der Waals surface area contributed by atoms with Gasteiger partial charge in [0.2, 0.25) is 0 Å². The van der Waals surface area contributed by atoms with Crippen LogP contribution in [0.15, 0.2) is 93.5 Å². The quantitative estimate of drug-likeness (QED) is 0.361. The van der Waals surface area contributed by atoms with E-state index in [1.54, 1.807) is 0 Å². The number of nitrogens with zero attached hydrogens (tertiary/aromatic N) is 2. The molecule has 5 heteroatoms. The van der Waals surface area contributed by atoms with Crippen LogP contribution in [0.2, 0.25) is 0 Å². The number of rotatable bonds is 5. The number of carbonyl (C=O) groups is 1. The molecule has 0 atom stereocenters. The molecule has 0 radical (unpaired) electrons. The van der Waals surface area contributed by atoms with Gasteiger partial charge in [-0.1, -0.05) is 43.7 Å². The van der Waals surface area contributed by atoms with Gasteiger partial charge in [-0.15, -0.1) is 0 Å². The Morgan fingerprint density at radius 2 is 1.31 bits per heavy atom. The molecule has 0 spiro atoms. The van der Waals surface area contributed by atoms with Crippen molar-refractivity contribution in [3.63, 3.8) is 0 Å². The van der Waals surface area contributed by atoms with Crippen LogP contribution in [-0.4, -0.2) is 11.1 Å². The number of hydrogen-bond donors (Lipinski definition) is 1. The highest BCUT2D eigenvalue weighted by Gasteiger charge is 1.94. The van der Waals surface area contributed by atoms with E-state index in [0.29, 0.717) is 0 Å². The summed E-state index contributed by atoms with van der Waals surface area (Å²) in [6.45, 7) is 3.29. The number of carboxylic acid groups (broad SMARTS) is 1. The van der Waals surface area contributed by atoms with Crippen LogP contribution in [0.5, 0.6) is 0 Å². The minimum Gasteiger partial charge on any atom is -0.481 e. The van der Waals surface area contributed by atoms with E-state index >= 15 is 0 Å². The van der Waals surface area contributed by atoms with Gasteiger partial charge in [0, 0.05) is 6.92 Å². The van der Waals surface area contributed by atoms with Crippen molar-refractivity contribution >= 4 is 28.5 Å². The van der Waals surface area contributed by atoms with Crippen LogP contribution in [-0.2, 0) is 11.2 Å². The summed E-state index contributed by atoms with van der Waals surface area (Å²) in [5.41, 5.74) is 5.09. The summed E-state index contributed by atoms with van der Waals surface area (Å²) in [7, 11) is 0. The van der Waals surface area contributed by atoms with Gasteiger partial charge in [-0.05, 0) is 66.9 Å². The van der Waals surface area contributed by atoms with E-state index in [1.807, 2.05) is 66.7 Å². The van der Waals surface area contributed by atoms with E-state index in [4.69, 9.17) is 14.3 Å². The van der Waals surface area contributed by atoms with Crippen LogP contribution < -0.4 is 0 Å². The van der Waals surface area contributed by atoms with Crippen LogP contribution in [0.1, 0.15) is 32.3 Å². The molecule has 150 valence electrons. The van der Waals surface area contributed by atoms with Crippen LogP contribution in [0.3, 0.4) is 0 Å². The monoisotopic (exact) mass is 390 g/mol. The summed E-state index contributed by atoms with van der Waals surface area (Å²) in [5.74, 6) is -0.833. The third-order valence-electron chi connectivity index (χ3n) is 3.85. The fraction of sp³-hybridized carbons (Fsp3) is 0.208. The Balaban J connectivity index is 0.000000221. The van der Waals surface area contributed by atoms with E-state index < -0.39 is 5.97 Å². The fourth-order valence-electron chi connectivity index (χ4n) is 2.43. The molecule has 2 bridgehead atoms. The lowest BCUT2D eigenvalue weighted by atomic mass is 10.1. The number of benzene rings is 3. The highest BCUT2D eigenvalue weighted by molar-refractivity contribution is 5.63. The van der Waals surface area contributed by atoms with Crippen molar-refractivity contribution in [3.8, 4) is 0 Å². The fourth-order valence-corrected chi connectivity index (χ4v) is 2.43. The highest BCUT2D eigenvalue weighted by atomic mass is 16.4. The first-order chi connectivity index (χ1) is 14.1. The SMILES string of the molecule is CC(=O)O.CCCCc1ccc(N=Nc2ccccc2)cc1.c1cc2ccc1o2. The minimum absolute atomic E-state index is 0.833. The van der Waals surface area contributed by atoms with Crippen molar-refractivity contribution in [2.24, 2.45) is 10.2 Å². The number of carboxylic acids is 1. The molecule has 4 rings (SSSR count). The largest absolute Gasteiger partial charge is 0.481 e. The molecule has 0 saturated carbocycles. The zero-order chi connectivity index (χ0) is 20.9. The lowest BCUT2D eigenvalue weighted by molar-refractivity contribution is -0.134. The first-order valence-electron chi connectivity index (χ1n) is 9.60. The maximum Gasteiger partial charge on any atom is 0.300 e. The van der Waals surface area contributed by atoms with Gasteiger partial charge >= 0.3 is 0 Å². The van der Waals surface area contributed by atoms with Crippen LogP contribution in [0.25, 0.3) is 11.2 Å². The standard InChI is InChI=1S/C16H18N2.C6H4O.C2H4O2/c1-2-3-7-14-10-12-16(13-11-14)18-17-15-8-5-4-6-9-15;1-2-6-4-3-5(1)7-6;1-2(3)4/h4-6,8-13H,2-3,7H2,1H3;1-4H;1H3,(H,3,4). The van der Waals surface area contributed by atoms with Crippen LogP contribution in [0.4, 0.5) is 11.4 Å². The summed E-state index contributed by atoms with van der Waals surface area (Å²) in [6, 6.07) is 25.9. The number of azo groups is 1. The summed E-state index contributed by atoms with van der Waals surface area (Å²) >= 11 is 0. The molecule has 0 unspecified atom stereocenters. The van der Waals surface area contributed by atoms with Gasteiger partial charge in [-0.25, -0.2) is 0 Å². The number of fused-ring (bicyclic) bond motifs is 2. The van der Waals surface area contributed by atoms with E-state index in [0.717, 1.165) is 35.9 Å². The molecule has 0 saturated heterocycles. The molecular weight excluding hydrogens is 364 g/mol. The number of unbranched alkanes of at least 4 members (excludes halogenated alkanes) is 1. The Labute approximate surface area is 171 Å². The lowest BCUT2D eigenvalue weighted by Crippen LogP contribution is -1.82. The molecule has 2 heterocycles. The molecule has 1 N–H and O–H groups in total. The van der Waals surface area contributed by atoms with Gasteiger partial charge in [0.05, 0.1) is 11.4 Å². The average molecular weight is 390 g/mol. The molecule has 0 aliphatic carbocycles. The van der Waals surface area contributed by atoms with Gasteiger partial charge in [0.15, 0.2) is 0 Å². The van der Waals surface area contributed by atoms with Crippen molar-refractivity contribution in [2.75, 3.05) is 0 Å². The Kier molecular flexibility index (Phi) is 9.09. The Hall–Kier alpha value is -3.47. The van der Waals surface area contributed by atoms with E-state index in [1.165, 1.54) is 18.4 Å². The molecule has 2 aromatic heterocycles. The van der Waals surface area contributed by atoms with E-state index in [9.17, 15) is 0 Å². The third kappa shape index (κ3) is 8.84. The number of furan rings is 2. The second-order valence-electron chi connectivity index (χ2n) is 6.40. The predicted octanol–water partition coefficient (Wildman–Crippen LogP) is 7.41. The van der Waals surface area contributed by atoms with Gasteiger partial charge in [0.25, 0.3) is 5.97 Å². The smallest absolute Gasteiger partial charge is 0.300 e. The number of aliphatic carboxylic acids is 1. The highest BCUT2D eigenvalue weighted by Crippen LogP contribution is 2.19. The van der Waals surface area contributed by atoms with Crippen molar-refractivity contribution < 1.29 is 14.3 Å². The normalized spacial score (nSPS) is 10.3. The van der Waals surface area contributed by atoms with Gasteiger partial charge in [0.1, 0.15) is 11.2 Å². The topological polar surface area (TPSA) is 75.2 Å². The molecule has 2 aromatic carbocycles. The minimum atomic E-state index is -0.833. The maximum absolute atomic E-state index is 9.00. The van der Waals surface area contributed by atoms with Crippen molar-refractivity contribution in [1.82, 2.24) is 0 Å². The molecule has 29 heavy (non-hydrogen) atoms. The van der Waals surface area contributed by atoms with Crippen molar-refractivity contribution in [1.29, 1.82) is 0 Å². The first-order valence-corrected chi connectivity index (χ1v) is 9.60. The number of hydrogen-bond acceptors (Lipinski definition) is 4. The molecular formula is C24H26N2O3. The molecule has 0 fully saturated rings. The van der Waals surface area contributed by atoms with Crippen molar-refractivity contribution in [3.05, 3.63) is 84.4 Å². The van der Waals surface area contributed by atoms with Crippen molar-refractivity contribution in [2.45, 2.75) is 33.1 Å². The number of aryl methyl sites for hydroxylation is 1.